The molecule has 6 heteroatoms. The highest BCUT2D eigenvalue weighted by Gasteiger charge is 2.18. The normalized spacial score (nSPS) is 20.0. The largest absolute Gasteiger partial charge is 0.357 e. The summed E-state index contributed by atoms with van der Waals surface area (Å²) in [5.74, 6) is 2.29. The molecule has 0 radical (unpaired) electrons. The van der Waals surface area contributed by atoms with Gasteiger partial charge in [-0.15, -0.1) is 35.3 Å². The maximum Gasteiger partial charge on any atom is 0.191 e. The molecule has 2 rings (SSSR count). The average Bonchev–Trinajstić information content (AvgIpc) is 3.10. The van der Waals surface area contributed by atoms with E-state index in [1.54, 1.807) is 0 Å². The number of nitrogens with one attached hydrogen (secondary N) is 2. The van der Waals surface area contributed by atoms with Crippen molar-refractivity contribution < 1.29 is 0 Å². The Balaban J connectivity index is 0.00000312. The van der Waals surface area contributed by atoms with Gasteiger partial charge in [0.05, 0.1) is 0 Å². The third-order valence-electron chi connectivity index (χ3n) is 4.64. The number of aliphatic imine (C=N–C) groups is 1. The highest BCUT2D eigenvalue weighted by atomic mass is 127. The molecule has 1 aliphatic heterocycles. The van der Waals surface area contributed by atoms with Crippen LogP contribution in [-0.2, 0) is 6.42 Å². The van der Waals surface area contributed by atoms with Crippen LogP contribution in [0.2, 0.25) is 0 Å². The van der Waals surface area contributed by atoms with E-state index in [1.807, 2.05) is 11.3 Å². The fourth-order valence-electron chi connectivity index (χ4n) is 3.27. The number of nitrogens with zero attached hydrogens (tertiary/aromatic N) is 2. The first-order chi connectivity index (χ1) is 11.7. The maximum atomic E-state index is 4.80. The number of halogens is 1. The Hall–Kier alpha value is -0.340. The Morgan fingerprint density at radius 2 is 2.24 bits per heavy atom. The second kappa shape index (κ2) is 12.9. The zero-order chi connectivity index (χ0) is 17.2. The topological polar surface area (TPSA) is 39.7 Å². The van der Waals surface area contributed by atoms with Crippen LogP contribution in [-0.4, -0.2) is 50.1 Å². The van der Waals surface area contributed by atoms with Crippen LogP contribution < -0.4 is 10.6 Å². The van der Waals surface area contributed by atoms with Gasteiger partial charge in [0.15, 0.2) is 5.96 Å². The molecule has 1 aliphatic rings. The smallest absolute Gasteiger partial charge is 0.191 e. The van der Waals surface area contributed by atoms with E-state index in [-0.39, 0.29) is 24.0 Å². The van der Waals surface area contributed by atoms with Gasteiger partial charge >= 0.3 is 0 Å². The second-order valence-electron chi connectivity index (χ2n) is 6.89. The molecule has 25 heavy (non-hydrogen) atoms. The van der Waals surface area contributed by atoms with Crippen LogP contribution >= 0.6 is 35.3 Å². The molecule has 2 unspecified atom stereocenters. The van der Waals surface area contributed by atoms with Gasteiger partial charge in [-0.3, -0.25) is 4.99 Å². The van der Waals surface area contributed by atoms with Crippen molar-refractivity contribution in [3.8, 4) is 0 Å². The van der Waals surface area contributed by atoms with Gasteiger partial charge in [0.2, 0.25) is 0 Å². The van der Waals surface area contributed by atoms with Crippen molar-refractivity contribution in [3.63, 3.8) is 0 Å². The van der Waals surface area contributed by atoms with Gasteiger partial charge in [-0.1, -0.05) is 19.9 Å². The first kappa shape index (κ1) is 22.7. The lowest BCUT2D eigenvalue weighted by Crippen LogP contribution is -2.44. The standard InChI is InChI=1S/C19H34N4S.HI/c1-4-20-19(21-13-16(3)12-18-9-7-11-24-18)22-14-17-8-6-10-23(5-2)15-17;/h7,9,11,16-17H,4-6,8,10,12-15H2,1-3H3,(H2,20,21,22);1H. The lowest BCUT2D eigenvalue weighted by atomic mass is 9.98. The summed E-state index contributed by atoms with van der Waals surface area (Å²) >= 11 is 1.84. The van der Waals surface area contributed by atoms with E-state index in [4.69, 9.17) is 4.99 Å². The minimum atomic E-state index is 0. The summed E-state index contributed by atoms with van der Waals surface area (Å²) in [5.41, 5.74) is 0. The first-order valence-corrected chi connectivity index (χ1v) is 10.4. The minimum Gasteiger partial charge on any atom is -0.357 e. The molecule has 1 fully saturated rings. The molecule has 0 spiro atoms. The highest BCUT2D eigenvalue weighted by molar-refractivity contribution is 14.0. The van der Waals surface area contributed by atoms with Crippen molar-refractivity contribution in [1.82, 2.24) is 15.5 Å². The summed E-state index contributed by atoms with van der Waals surface area (Å²) in [4.78, 5) is 8.82. The molecular formula is C19H35IN4S. The summed E-state index contributed by atoms with van der Waals surface area (Å²) in [6, 6.07) is 4.35. The van der Waals surface area contributed by atoms with Crippen molar-refractivity contribution in [3.05, 3.63) is 22.4 Å². The van der Waals surface area contributed by atoms with Gasteiger partial charge in [-0.2, -0.15) is 0 Å². The van der Waals surface area contributed by atoms with Crippen LogP contribution in [0.15, 0.2) is 22.5 Å². The zero-order valence-corrected chi connectivity index (χ0v) is 19.1. The number of rotatable bonds is 8. The van der Waals surface area contributed by atoms with Gasteiger partial charge < -0.3 is 15.5 Å². The maximum absolute atomic E-state index is 4.80. The van der Waals surface area contributed by atoms with Crippen LogP contribution in [0.4, 0.5) is 0 Å². The molecule has 0 amide bonds. The molecule has 2 heterocycles. The van der Waals surface area contributed by atoms with Gasteiger partial charge in [0.25, 0.3) is 0 Å². The van der Waals surface area contributed by atoms with Crippen LogP contribution in [0.5, 0.6) is 0 Å². The Kier molecular flexibility index (Phi) is 11.7. The van der Waals surface area contributed by atoms with Gasteiger partial charge in [0, 0.05) is 31.1 Å². The highest BCUT2D eigenvalue weighted by Crippen LogP contribution is 2.16. The van der Waals surface area contributed by atoms with Crippen LogP contribution in [0, 0.1) is 11.8 Å². The van der Waals surface area contributed by atoms with Gasteiger partial charge in [-0.05, 0) is 62.6 Å². The Bertz CT molecular complexity index is 478. The number of likely N-dealkylation sites (tertiary alicyclic amines) is 1. The molecule has 1 aromatic heterocycles. The summed E-state index contributed by atoms with van der Waals surface area (Å²) in [5, 5.41) is 9.11. The van der Waals surface area contributed by atoms with E-state index < -0.39 is 0 Å². The van der Waals surface area contributed by atoms with Crippen LogP contribution in [0.25, 0.3) is 0 Å². The second-order valence-corrected chi connectivity index (χ2v) is 7.92. The van der Waals surface area contributed by atoms with E-state index in [0.717, 1.165) is 37.9 Å². The monoisotopic (exact) mass is 478 g/mol. The van der Waals surface area contributed by atoms with Gasteiger partial charge in [0.1, 0.15) is 0 Å². The lowest BCUT2D eigenvalue weighted by Gasteiger charge is -2.32. The Morgan fingerprint density at radius 1 is 1.40 bits per heavy atom. The predicted octanol–water partition coefficient (Wildman–Crippen LogP) is 3.83. The number of hydrogen-bond acceptors (Lipinski definition) is 3. The molecule has 0 aliphatic carbocycles. The number of hydrogen-bond donors (Lipinski definition) is 2. The third kappa shape index (κ3) is 8.73. The molecule has 144 valence electrons. The van der Waals surface area contributed by atoms with Crippen molar-refractivity contribution >= 4 is 41.3 Å². The molecule has 4 nitrogen and oxygen atoms in total. The quantitative estimate of drug-likeness (QED) is 0.339. The number of thiophene rings is 1. The number of piperidine rings is 1. The number of guanidine groups is 1. The summed E-state index contributed by atoms with van der Waals surface area (Å²) in [6.45, 7) is 13.1. The van der Waals surface area contributed by atoms with E-state index in [2.05, 4.69) is 53.8 Å². The van der Waals surface area contributed by atoms with Crippen LogP contribution in [0.1, 0.15) is 38.5 Å². The Morgan fingerprint density at radius 3 is 2.92 bits per heavy atom. The zero-order valence-electron chi connectivity index (χ0n) is 16.0. The predicted molar refractivity (Wildman–Crippen MR) is 121 cm³/mol. The van der Waals surface area contributed by atoms with E-state index in [9.17, 15) is 0 Å². The van der Waals surface area contributed by atoms with Crippen LogP contribution in [0.3, 0.4) is 0 Å². The molecule has 0 bridgehead atoms. The molecule has 1 aromatic rings. The molecule has 0 saturated carbocycles. The first-order valence-electron chi connectivity index (χ1n) is 9.48. The Labute approximate surface area is 174 Å². The fraction of sp³-hybridized carbons (Fsp3) is 0.737. The summed E-state index contributed by atoms with van der Waals surface area (Å²) < 4.78 is 0. The summed E-state index contributed by atoms with van der Waals surface area (Å²) in [7, 11) is 0. The summed E-state index contributed by atoms with van der Waals surface area (Å²) in [6.07, 6.45) is 3.78. The van der Waals surface area contributed by atoms with Crippen molar-refractivity contribution in [2.75, 3.05) is 39.3 Å². The van der Waals surface area contributed by atoms with E-state index >= 15 is 0 Å². The van der Waals surface area contributed by atoms with E-state index in [1.165, 1.54) is 37.4 Å². The molecule has 2 N–H and O–H groups in total. The SMILES string of the molecule is CCNC(=NCC(C)Cc1cccs1)NCC1CCCN(CC)C1.I. The van der Waals surface area contributed by atoms with Gasteiger partial charge in [-0.25, -0.2) is 0 Å². The third-order valence-corrected chi connectivity index (χ3v) is 5.54. The minimum absolute atomic E-state index is 0. The van der Waals surface area contributed by atoms with E-state index in [0.29, 0.717) is 5.92 Å². The molecular weight excluding hydrogens is 443 g/mol. The molecule has 0 aromatic carbocycles. The lowest BCUT2D eigenvalue weighted by molar-refractivity contribution is 0.183. The molecule has 2 atom stereocenters. The fourth-order valence-corrected chi connectivity index (χ4v) is 4.14. The van der Waals surface area contributed by atoms with Crippen molar-refractivity contribution in [2.24, 2.45) is 16.8 Å². The van der Waals surface area contributed by atoms with Crippen molar-refractivity contribution in [1.29, 1.82) is 0 Å². The van der Waals surface area contributed by atoms with Crippen molar-refractivity contribution in [2.45, 2.75) is 40.0 Å². The average molecular weight is 478 g/mol. The molecule has 1 saturated heterocycles.